The van der Waals surface area contributed by atoms with Crippen molar-refractivity contribution in [3.63, 3.8) is 0 Å². The predicted molar refractivity (Wildman–Crippen MR) is 102 cm³/mol. The van der Waals surface area contributed by atoms with Crippen LogP contribution in [-0.4, -0.2) is 52.1 Å². The molecule has 0 heterocycles. The lowest BCUT2D eigenvalue weighted by Gasteiger charge is -2.15. The summed E-state index contributed by atoms with van der Waals surface area (Å²) in [5, 5.41) is 8.20. The van der Waals surface area contributed by atoms with Crippen LogP contribution in [0.2, 0.25) is 0 Å². The van der Waals surface area contributed by atoms with Crippen molar-refractivity contribution in [2.75, 3.05) is 33.9 Å². The number of benzene rings is 1. The van der Waals surface area contributed by atoms with Gasteiger partial charge >= 0.3 is 6.36 Å². The molecule has 1 aromatic rings. The number of alkyl halides is 3. The van der Waals surface area contributed by atoms with Crippen LogP contribution in [0, 0.1) is 0 Å². The number of nitrogens with zero attached hydrogens (tertiary/aromatic N) is 1. The number of halogens is 4. The molecule has 0 unspecified atom stereocenters. The Labute approximate surface area is 166 Å². The van der Waals surface area contributed by atoms with E-state index >= 15 is 0 Å². The van der Waals surface area contributed by atoms with Crippen molar-refractivity contribution in [2.45, 2.75) is 12.9 Å². The molecule has 0 fully saturated rings. The summed E-state index contributed by atoms with van der Waals surface area (Å²) in [5.41, 5.74) is 0.298. The molecule has 0 aliphatic carbocycles. The minimum absolute atomic E-state index is 0. The van der Waals surface area contributed by atoms with Crippen molar-refractivity contribution in [2.24, 2.45) is 4.99 Å². The summed E-state index contributed by atoms with van der Waals surface area (Å²) in [4.78, 5) is 15.5. The summed E-state index contributed by atoms with van der Waals surface area (Å²) in [6, 6.07) is 5.77. The van der Waals surface area contributed by atoms with Gasteiger partial charge in [0.15, 0.2) is 5.96 Å². The van der Waals surface area contributed by atoms with E-state index in [2.05, 4.69) is 25.7 Å². The summed E-state index contributed by atoms with van der Waals surface area (Å²) in [6.07, 6.45) is -4.77. The Bertz CT molecular complexity index is 586. The number of methoxy groups -OCH3 is 1. The van der Waals surface area contributed by atoms with Crippen LogP contribution >= 0.6 is 24.0 Å². The number of amides is 1. The van der Waals surface area contributed by atoms with E-state index in [0.717, 1.165) is 0 Å². The SMILES string of the molecule is CN=C(NCC(=O)NCCOC)NCc1ccccc1OC(F)(F)F.I. The number of ether oxygens (including phenoxy) is 2. The number of carbonyl (C=O) groups is 1. The fraction of sp³-hybridized carbons (Fsp3) is 0.467. The van der Waals surface area contributed by atoms with E-state index in [0.29, 0.717) is 18.7 Å². The van der Waals surface area contributed by atoms with Crippen LogP contribution in [0.4, 0.5) is 13.2 Å². The molecule has 0 saturated carbocycles. The molecule has 148 valence electrons. The number of hydrogen-bond donors (Lipinski definition) is 3. The standard InChI is InChI=1S/C15H21F3N4O3.HI/c1-19-14(22-10-13(23)20-7-8-24-2)21-9-11-5-3-4-6-12(11)25-15(16,17)18;/h3-6H,7-10H2,1-2H3,(H,20,23)(H2,19,21,22);1H. The first-order valence-electron chi connectivity index (χ1n) is 7.39. The first kappa shape index (κ1) is 24.2. The average Bonchev–Trinajstić information content (AvgIpc) is 2.55. The lowest BCUT2D eigenvalue weighted by atomic mass is 10.2. The highest BCUT2D eigenvalue weighted by molar-refractivity contribution is 14.0. The highest BCUT2D eigenvalue weighted by Crippen LogP contribution is 2.25. The number of nitrogens with one attached hydrogen (secondary N) is 3. The second-order valence-electron chi connectivity index (χ2n) is 4.78. The third-order valence-corrected chi connectivity index (χ3v) is 2.91. The Morgan fingerprint density at radius 3 is 2.50 bits per heavy atom. The molecule has 1 amide bonds. The van der Waals surface area contributed by atoms with Gasteiger partial charge in [0.2, 0.25) is 5.91 Å². The minimum Gasteiger partial charge on any atom is -0.405 e. The average molecular weight is 490 g/mol. The Kier molecular flexibility index (Phi) is 11.7. The number of aliphatic imine (C=N–C) groups is 1. The number of guanidine groups is 1. The van der Waals surface area contributed by atoms with Gasteiger partial charge in [-0.15, -0.1) is 37.1 Å². The van der Waals surface area contributed by atoms with Crippen molar-refractivity contribution in [1.82, 2.24) is 16.0 Å². The van der Waals surface area contributed by atoms with E-state index < -0.39 is 6.36 Å². The van der Waals surface area contributed by atoms with Gasteiger partial charge in [-0.3, -0.25) is 9.79 Å². The van der Waals surface area contributed by atoms with E-state index in [1.165, 1.54) is 32.4 Å². The number of para-hydroxylation sites is 1. The largest absolute Gasteiger partial charge is 0.573 e. The number of rotatable bonds is 8. The molecule has 0 aliphatic heterocycles. The highest BCUT2D eigenvalue weighted by Gasteiger charge is 2.31. The lowest BCUT2D eigenvalue weighted by Crippen LogP contribution is -2.43. The normalized spacial score (nSPS) is 11.3. The zero-order valence-corrected chi connectivity index (χ0v) is 16.7. The number of carbonyl (C=O) groups excluding carboxylic acids is 1. The summed E-state index contributed by atoms with van der Waals surface area (Å²) < 4.78 is 46.0. The van der Waals surface area contributed by atoms with Crippen LogP contribution in [0.1, 0.15) is 5.56 Å². The molecule has 0 bridgehead atoms. The van der Waals surface area contributed by atoms with Crippen LogP contribution in [0.15, 0.2) is 29.3 Å². The van der Waals surface area contributed by atoms with Crippen LogP contribution in [0.25, 0.3) is 0 Å². The monoisotopic (exact) mass is 490 g/mol. The van der Waals surface area contributed by atoms with Crippen LogP contribution < -0.4 is 20.7 Å². The van der Waals surface area contributed by atoms with Gasteiger partial charge in [0.05, 0.1) is 13.2 Å². The maximum absolute atomic E-state index is 12.4. The molecule has 0 atom stereocenters. The van der Waals surface area contributed by atoms with E-state index in [4.69, 9.17) is 4.74 Å². The molecule has 0 saturated heterocycles. The molecule has 0 radical (unpaired) electrons. The first-order chi connectivity index (χ1) is 11.9. The summed E-state index contributed by atoms with van der Waals surface area (Å²) >= 11 is 0. The van der Waals surface area contributed by atoms with E-state index in [9.17, 15) is 18.0 Å². The van der Waals surface area contributed by atoms with Gasteiger partial charge in [-0.25, -0.2) is 0 Å². The summed E-state index contributed by atoms with van der Waals surface area (Å²) in [5.74, 6) is -0.292. The van der Waals surface area contributed by atoms with Crippen LogP contribution in [0.3, 0.4) is 0 Å². The van der Waals surface area contributed by atoms with Crippen molar-refractivity contribution >= 4 is 35.8 Å². The van der Waals surface area contributed by atoms with E-state index in [1.807, 2.05) is 0 Å². The second kappa shape index (κ2) is 12.6. The molecule has 0 spiro atoms. The topological polar surface area (TPSA) is 84.0 Å². The van der Waals surface area contributed by atoms with Gasteiger partial charge in [-0.2, -0.15) is 0 Å². The van der Waals surface area contributed by atoms with E-state index in [-0.39, 0.29) is 54.7 Å². The fourth-order valence-electron chi connectivity index (χ4n) is 1.79. The molecule has 7 nitrogen and oxygen atoms in total. The lowest BCUT2D eigenvalue weighted by molar-refractivity contribution is -0.274. The second-order valence-corrected chi connectivity index (χ2v) is 4.78. The van der Waals surface area contributed by atoms with Crippen molar-refractivity contribution in [3.05, 3.63) is 29.8 Å². The third-order valence-electron chi connectivity index (χ3n) is 2.91. The molecule has 0 aliphatic rings. The van der Waals surface area contributed by atoms with Gasteiger partial charge in [-0.1, -0.05) is 18.2 Å². The molecular weight excluding hydrogens is 468 g/mol. The molecule has 3 N–H and O–H groups in total. The predicted octanol–water partition coefficient (Wildman–Crippen LogP) is 1.63. The third kappa shape index (κ3) is 10.3. The van der Waals surface area contributed by atoms with Crippen LogP contribution in [0.5, 0.6) is 5.75 Å². The smallest absolute Gasteiger partial charge is 0.405 e. The Balaban J connectivity index is 0.00000625. The molecule has 26 heavy (non-hydrogen) atoms. The van der Waals surface area contributed by atoms with Crippen molar-refractivity contribution < 1.29 is 27.4 Å². The Hall–Kier alpha value is -1.76. The highest BCUT2D eigenvalue weighted by atomic mass is 127. The minimum atomic E-state index is -4.77. The molecule has 1 rings (SSSR count). The van der Waals surface area contributed by atoms with Crippen LogP contribution in [-0.2, 0) is 16.1 Å². The summed E-state index contributed by atoms with van der Waals surface area (Å²) in [7, 11) is 3.01. The Morgan fingerprint density at radius 2 is 1.88 bits per heavy atom. The molecular formula is C15H22F3IN4O3. The first-order valence-corrected chi connectivity index (χ1v) is 7.39. The van der Waals surface area contributed by atoms with Gasteiger partial charge in [0.25, 0.3) is 0 Å². The van der Waals surface area contributed by atoms with Crippen molar-refractivity contribution in [3.8, 4) is 5.75 Å². The zero-order chi connectivity index (χ0) is 18.7. The van der Waals surface area contributed by atoms with Gasteiger partial charge in [0, 0.05) is 32.8 Å². The summed E-state index contributed by atoms with van der Waals surface area (Å²) in [6.45, 7) is 0.779. The van der Waals surface area contributed by atoms with Crippen molar-refractivity contribution in [1.29, 1.82) is 0 Å². The number of hydrogen-bond acceptors (Lipinski definition) is 4. The Morgan fingerprint density at radius 1 is 1.19 bits per heavy atom. The quantitative estimate of drug-likeness (QED) is 0.224. The molecule has 11 heteroatoms. The molecule has 0 aromatic heterocycles. The van der Waals surface area contributed by atoms with Gasteiger partial charge in [-0.05, 0) is 6.07 Å². The zero-order valence-electron chi connectivity index (χ0n) is 14.4. The fourth-order valence-corrected chi connectivity index (χ4v) is 1.79. The van der Waals surface area contributed by atoms with E-state index in [1.54, 1.807) is 6.07 Å². The maximum atomic E-state index is 12.4. The maximum Gasteiger partial charge on any atom is 0.573 e. The van der Waals surface area contributed by atoms with Gasteiger partial charge in [0.1, 0.15) is 5.75 Å². The van der Waals surface area contributed by atoms with Gasteiger partial charge < -0.3 is 25.4 Å². The molecule has 1 aromatic carbocycles.